The van der Waals surface area contributed by atoms with Gasteiger partial charge in [0.1, 0.15) is 11.5 Å². The summed E-state index contributed by atoms with van der Waals surface area (Å²) in [6, 6.07) is 19.6. The van der Waals surface area contributed by atoms with Crippen molar-refractivity contribution in [3.8, 4) is 5.75 Å². The predicted molar refractivity (Wildman–Crippen MR) is 139 cm³/mol. The van der Waals surface area contributed by atoms with E-state index in [1.165, 1.54) is 4.90 Å². The molecule has 1 aliphatic heterocycles. The Kier molecular flexibility index (Phi) is 6.65. The van der Waals surface area contributed by atoms with Gasteiger partial charge < -0.3 is 14.7 Å². The molecule has 1 aliphatic rings. The molecule has 3 aromatic carbocycles. The number of carbonyl (C=O) groups excluding carboxylic acids is 2. The van der Waals surface area contributed by atoms with Crippen LogP contribution in [0, 0.1) is 13.8 Å². The molecule has 6 nitrogen and oxygen atoms in total. The van der Waals surface area contributed by atoms with Crippen LogP contribution in [0.15, 0.2) is 72.3 Å². The fraction of sp³-hybridized carbons (Fsp3) is 0.241. The number of hydrogen-bond acceptors (Lipinski definition) is 5. The predicted octanol–water partition coefficient (Wildman–Crippen LogP) is 5.39. The quantitative estimate of drug-likeness (QED) is 0.297. The molecule has 3 aromatic rings. The summed E-state index contributed by atoms with van der Waals surface area (Å²) in [6.45, 7) is 6.22. The Hall–Kier alpha value is -4.06. The topological polar surface area (TPSA) is 70.1 Å². The lowest BCUT2D eigenvalue weighted by Crippen LogP contribution is -2.29. The molecule has 1 fully saturated rings. The molecule has 0 bridgehead atoms. The number of hydrogen-bond donors (Lipinski definition) is 1. The van der Waals surface area contributed by atoms with Gasteiger partial charge in [-0.2, -0.15) is 0 Å². The summed E-state index contributed by atoms with van der Waals surface area (Å²) in [5.41, 5.74) is 4.67. The van der Waals surface area contributed by atoms with Crippen molar-refractivity contribution < 1.29 is 19.4 Å². The smallest absolute Gasteiger partial charge is 0.300 e. The average Bonchev–Trinajstić information content (AvgIpc) is 3.11. The molecule has 4 rings (SSSR count). The van der Waals surface area contributed by atoms with Crippen molar-refractivity contribution in [1.29, 1.82) is 0 Å². The largest absolute Gasteiger partial charge is 0.507 e. The Labute approximate surface area is 206 Å². The molecule has 0 aromatic heterocycles. The summed E-state index contributed by atoms with van der Waals surface area (Å²) in [5.74, 6) is -0.878. The number of amides is 1. The third-order valence-corrected chi connectivity index (χ3v) is 6.24. The number of nitrogens with zero attached hydrogens (tertiary/aromatic N) is 2. The minimum absolute atomic E-state index is 0.0789. The number of ketones is 1. The molecular weight excluding hydrogens is 440 g/mol. The van der Waals surface area contributed by atoms with Gasteiger partial charge in [-0.1, -0.05) is 29.8 Å². The average molecular weight is 471 g/mol. The van der Waals surface area contributed by atoms with E-state index in [9.17, 15) is 14.7 Å². The van der Waals surface area contributed by atoms with Crippen molar-refractivity contribution in [2.45, 2.75) is 26.8 Å². The van der Waals surface area contributed by atoms with Crippen LogP contribution in [0.1, 0.15) is 35.2 Å². The molecule has 1 heterocycles. The molecule has 0 spiro atoms. The first kappa shape index (κ1) is 24.1. The maximum atomic E-state index is 13.4. The lowest BCUT2D eigenvalue weighted by atomic mass is 9.93. The summed E-state index contributed by atoms with van der Waals surface area (Å²) < 4.78 is 5.54. The number of benzene rings is 3. The number of carbonyl (C=O) groups is 2. The van der Waals surface area contributed by atoms with E-state index in [1.807, 2.05) is 82.2 Å². The maximum absolute atomic E-state index is 13.4. The van der Waals surface area contributed by atoms with Gasteiger partial charge in [0.25, 0.3) is 11.7 Å². The molecule has 1 saturated heterocycles. The SMILES string of the molecule is CCOc1ccc(N2C(=O)C(=O)/C(=C(/O)c3cc(C)ccc3C)C2c2ccc(N(C)C)cc2)cc1. The van der Waals surface area contributed by atoms with Crippen molar-refractivity contribution >= 4 is 28.8 Å². The zero-order chi connectivity index (χ0) is 25.3. The van der Waals surface area contributed by atoms with Gasteiger partial charge in [-0.15, -0.1) is 0 Å². The third kappa shape index (κ3) is 4.52. The van der Waals surface area contributed by atoms with Gasteiger partial charge in [0.05, 0.1) is 18.2 Å². The van der Waals surface area contributed by atoms with E-state index in [4.69, 9.17) is 4.74 Å². The van der Waals surface area contributed by atoms with E-state index < -0.39 is 17.7 Å². The van der Waals surface area contributed by atoms with Gasteiger partial charge in [0.15, 0.2) is 0 Å². The van der Waals surface area contributed by atoms with E-state index in [0.717, 1.165) is 22.4 Å². The van der Waals surface area contributed by atoms with Crippen LogP contribution in [0.5, 0.6) is 5.75 Å². The minimum atomic E-state index is -0.774. The molecule has 1 unspecified atom stereocenters. The molecule has 180 valence electrons. The van der Waals surface area contributed by atoms with E-state index in [1.54, 1.807) is 24.3 Å². The second-order valence-electron chi connectivity index (χ2n) is 8.90. The summed E-state index contributed by atoms with van der Waals surface area (Å²) in [4.78, 5) is 30.2. The fourth-order valence-corrected chi connectivity index (χ4v) is 4.37. The Morgan fingerprint density at radius 2 is 1.63 bits per heavy atom. The van der Waals surface area contributed by atoms with Crippen LogP contribution in [-0.2, 0) is 9.59 Å². The van der Waals surface area contributed by atoms with Gasteiger partial charge in [-0.05, 0) is 74.4 Å². The van der Waals surface area contributed by atoms with Crippen LogP contribution in [-0.4, -0.2) is 37.5 Å². The standard InChI is InChI=1S/C29H30N2O4/c1-6-35-23-15-13-22(14-16-23)31-26(20-9-11-21(12-10-20)30(4)5)25(28(33)29(31)34)27(32)24-17-18(2)7-8-19(24)3/h7-17,26,32H,6H2,1-5H3/b27-25+. The summed E-state index contributed by atoms with van der Waals surface area (Å²) in [7, 11) is 3.89. The second-order valence-corrected chi connectivity index (χ2v) is 8.90. The number of aryl methyl sites for hydroxylation is 2. The van der Waals surface area contributed by atoms with E-state index >= 15 is 0 Å². The first-order valence-corrected chi connectivity index (χ1v) is 11.6. The molecule has 0 radical (unpaired) electrons. The van der Waals surface area contributed by atoms with Gasteiger partial charge in [-0.25, -0.2) is 0 Å². The highest BCUT2D eigenvalue weighted by atomic mass is 16.5. The number of aliphatic hydroxyl groups is 1. The minimum Gasteiger partial charge on any atom is -0.507 e. The number of Topliss-reactive ketones (excluding diaryl/α,β-unsaturated/α-hetero) is 1. The molecule has 6 heteroatoms. The Morgan fingerprint density at radius 1 is 0.971 bits per heavy atom. The summed E-state index contributed by atoms with van der Waals surface area (Å²) >= 11 is 0. The molecule has 35 heavy (non-hydrogen) atoms. The monoisotopic (exact) mass is 470 g/mol. The number of ether oxygens (including phenoxy) is 1. The van der Waals surface area contributed by atoms with Crippen LogP contribution in [0.2, 0.25) is 0 Å². The highest BCUT2D eigenvalue weighted by Gasteiger charge is 2.47. The highest BCUT2D eigenvalue weighted by molar-refractivity contribution is 6.51. The molecular formula is C29H30N2O4. The fourth-order valence-electron chi connectivity index (χ4n) is 4.37. The lowest BCUT2D eigenvalue weighted by Gasteiger charge is -2.26. The van der Waals surface area contributed by atoms with E-state index in [-0.39, 0.29) is 11.3 Å². The van der Waals surface area contributed by atoms with Crippen molar-refractivity contribution in [2.24, 2.45) is 0 Å². The summed E-state index contributed by atoms with van der Waals surface area (Å²) in [6.07, 6.45) is 0. The molecule has 1 amide bonds. The van der Waals surface area contributed by atoms with Gasteiger partial charge in [0, 0.05) is 31.0 Å². The van der Waals surface area contributed by atoms with Gasteiger partial charge in [-0.3, -0.25) is 14.5 Å². The van der Waals surface area contributed by atoms with E-state index in [2.05, 4.69) is 0 Å². The second kappa shape index (κ2) is 9.66. The third-order valence-electron chi connectivity index (χ3n) is 6.24. The maximum Gasteiger partial charge on any atom is 0.300 e. The van der Waals surface area contributed by atoms with Crippen LogP contribution < -0.4 is 14.5 Å². The number of aliphatic hydroxyl groups excluding tert-OH is 1. The van der Waals surface area contributed by atoms with Crippen LogP contribution >= 0.6 is 0 Å². The Bertz CT molecular complexity index is 1290. The van der Waals surface area contributed by atoms with Gasteiger partial charge in [0.2, 0.25) is 0 Å². The molecule has 1 N–H and O–H groups in total. The van der Waals surface area contributed by atoms with Crippen LogP contribution in [0.4, 0.5) is 11.4 Å². The zero-order valence-electron chi connectivity index (χ0n) is 20.7. The van der Waals surface area contributed by atoms with Crippen LogP contribution in [0.25, 0.3) is 5.76 Å². The van der Waals surface area contributed by atoms with Crippen molar-refractivity contribution in [3.05, 3.63) is 94.6 Å². The van der Waals surface area contributed by atoms with Crippen molar-refractivity contribution in [1.82, 2.24) is 0 Å². The van der Waals surface area contributed by atoms with E-state index in [0.29, 0.717) is 23.6 Å². The number of rotatable bonds is 6. The first-order chi connectivity index (χ1) is 16.7. The lowest BCUT2D eigenvalue weighted by molar-refractivity contribution is -0.132. The van der Waals surface area contributed by atoms with Crippen molar-refractivity contribution in [3.63, 3.8) is 0 Å². The first-order valence-electron chi connectivity index (χ1n) is 11.6. The Balaban J connectivity index is 1.91. The Morgan fingerprint density at radius 3 is 2.23 bits per heavy atom. The number of anilines is 2. The zero-order valence-corrected chi connectivity index (χ0v) is 20.7. The van der Waals surface area contributed by atoms with Crippen molar-refractivity contribution in [2.75, 3.05) is 30.5 Å². The molecule has 0 saturated carbocycles. The highest BCUT2D eigenvalue weighted by Crippen LogP contribution is 2.43. The van der Waals surface area contributed by atoms with Crippen LogP contribution in [0.3, 0.4) is 0 Å². The van der Waals surface area contributed by atoms with Gasteiger partial charge >= 0.3 is 0 Å². The molecule has 0 aliphatic carbocycles. The molecule has 1 atom stereocenters. The normalized spacial score (nSPS) is 17.1. The summed E-state index contributed by atoms with van der Waals surface area (Å²) in [5, 5.41) is 11.4.